The van der Waals surface area contributed by atoms with Gasteiger partial charge in [0.2, 0.25) is 5.95 Å². The number of aryl methyl sites for hydroxylation is 1. The quantitative estimate of drug-likeness (QED) is 0.203. The minimum atomic E-state index is -0.889. The van der Waals surface area contributed by atoms with Crippen LogP contribution in [0.4, 0.5) is 5.95 Å². The highest BCUT2D eigenvalue weighted by Crippen LogP contribution is 2.34. The van der Waals surface area contributed by atoms with Crippen molar-refractivity contribution in [3.05, 3.63) is 37.6 Å². The number of nitrogens with two attached hydrogens (primary N) is 1. The zero-order chi connectivity index (χ0) is 34.0. The number of carbonyl (C=O) groups is 3. The van der Waals surface area contributed by atoms with E-state index in [4.69, 9.17) is 29.4 Å². The fraction of sp³-hybridized carbons (Fsp3) is 0.536. The third-order valence-corrected chi connectivity index (χ3v) is 8.72. The lowest BCUT2D eigenvalue weighted by molar-refractivity contribution is -0.153. The number of ether oxygens (including phenoxy) is 5. The van der Waals surface area contributed by atoms with E-state index in [1.165, 1.54) is 36.1 Å². The number of thiazole rings is 2. The topological polar surface area (TPSA) is 239 Å². The maximum absolute atomic E-state index is 12.4. The average Bonchev–Trinajstić information content (AvgIpc) is 3.73. The first-order valence-electron chi connectivity index (χ1n) is 14.2. The Morgan fingerprint density at radius 2 is 1.38 bits per heavy atom. The summed E-state index contributed by atoms with van der Waals surface area (Å²) in [6, 6.07) is 0. The fourth-order valence-corrected chi connectivity index (χ4v) is 6.81. The molecule has 2 aliphatic rings. The van der Waals surface area contributed by atoms with Crippen molar-refractivity contribution in [2.45, 2.75) is 84.8 Å². The Bertz CT molecular complexity index is 1920. The van der Waals surface area contributed by atoms with Crippen LogP contribution in [-0.4, -0.2) is 89.7 Å². The summed E-state index contributed by atoms with van der Waals surface area (Å²) in [6.45, 7) is 5.36. The third-order valence-electron chi connectivity index (χ3n) is 6.97. The summed E-state index contributed by atoms with van der Waals surface area (Å²) in [7, 11) is 0. The van der Waals surface area contributed by atoms with Gasteiger partial charge in [-0.3, -0.25) is 33.1 Å². The zero-order valence-corrected chi connectivity index (χ0v) is 27.2. The summed E-state index contributed by atoms with van der Waals surface area (Å²) in [5.74, 6) is -0.879. The second-order valence-electron chi connectivity index (χ2n) is 10.5. The van der Waals surface area contributed by atoms with E-state index >= 15 is 0 Å². The van der Waals surface area contributed by atoms with Gasteiger partial charge in [0.25, 0.3) is 0 Å². The maximum atomic E-state index is 12.4. The molecule has 2 aliphatic heterocycles. The van der Waals surface area contributed by atoms with Crippen LogP contribution in [0.2, 0.25) is 0 Å². The van der Waals surface area contributed by atoms with E-state index in [0.29, 0.717) is 32.9 Å². The van der Waals surface area contributed by atoms with E-state index in [0.717, 1.165) is 22.7 Å². The van der Waals surface area contributed by atoms with Crippen molar-refractivity contribution < 1.29 is 43.2 Å². The average molecular weight is 710 g/mol. The molecule has 2 saturated heterocycles. The number of hydrogen-bond acceptors (Lipinski definition) is 18. The number of hydrogen-bond donors (Lipinski definition) is 2. The standard InChI is InChI=1S/C14H16N4O6S.C13H15N3O5S.CH4/c1-6(19)22-5-8-3-9(23-7(2)20)12(24-8)18-11-10(25-14(18)21)4-16-13(15)17-11;1-6-14-4-10-11(15-6)16(13(19)22-10)12-9(20-7(2)18)3-8(5-17)21-12;/h4,8-9,12H,3,5H2,1-2H3,(H2,15,16,17);4,8-9,12,17H,3,5H2,1-2H3;1H4/t2*8-,9+,12+;/m00./s1. The lowest BCUT2D eigenvalue weighted by atomic mass is 10.2. The van der Waals surface area contributed by atoms with Gasteiger partial charge in [-0.2, -0.15) is 4.98 Å². The monoisotopic (exact) mass is 709 g/mol. The van der Waals surface area contributed by atoms with Crippen LogP contribution in [0.1, 0.15) is 59.3 Å². The van der Waals surface area contributed by atoms with E-state index in [-0.39, 0.29) is 42.8 Å². The molecule has 2 fully saturated rings. The molecule has 4 aromatic heterocycles. The SMILES string of the molecule is C.CC(=O)OC[C@@H]1C[C@@H](OC(C)=O)[C@H](n2c(=O)sc3cnc(N)nc32)O1.CC(=O)O[C@@H]1C[C@@H](CO)O[C@H]1n1c(=O)sc2cnc(C)nc21. The summed E-state index contributed by atoms with van der Waals surface area (Å²) >= 11 is 1.94. The zero-order valence-electron chi connectivity index (χ0n) is 25.6. The van der Waals surface area contributed by atoms with Crippen LogP contribution in [0.15, 0.2) is 22.0 Å². The molecule has 0 bridgehead atoms. The number of anilines is 1. The van der Waals surface area contributed by atoms with Gasteiger partial charge in [0.05, 0.1) is 40.6 Å². The molecule has 18 nitrogen and oxygen atoms in total. The van der Waals surface area contributed by atoms with Gasteiger partial charge in [0, 0.05) is 33.6 Å². The number of aliphatic hydroxyl groups excluding tert-OH is 1. The van der Waals surface area contributed by atoms with Crippen molar-refractivity contribution in [2.24, 2.45) is 0 Å². The number of nitrogens with zero attached hydrogens (tertiary/aromatic N) is 6. The van der Waals surface area contributed by atoms with Crippen LogP contribution in [0.3, 0.4) is 0 Å². The molecule has 6 atom stereocenters. The van der Waals surface area contributed by atoms with Crippen LogP contribution < -0.4 is 15.5 Å². The van der Waals surface area contributed by atoms with E-state index in [9.17, 15) is 29.1 Å². The van der Waals surface area contributed by atoms with Crippen LogP contribution in [-0.2, 0) is 38.1 Å². The smallest absolute Gasteiger partial charge is 0.311 e. The first-order valence-corrected chi connectivity index (χ1v) is 15.9. The number of fused-ring (bicyclic) bond motifs is 2. The molecular weight excluding hydrogens is 674 g/mol. The first-order chi connectivity index (χ1) is 22.3. The van der Waals surface area contributed by atoms with Gasteiger partial charge in [0.15, 0.2) is 23.8 Å². The largest absolute Gasteiger partial charge is 0.463 e. The normalized spacial score (nSPS) is 23.3. The van der Waals surface area contributed by atoms with Crippen LogP contribution in [0.5, 0.6) is 0 Å². The van der Waals surface area contributed by atoms with Crippen molar-refractivity contribution in [1.82, 2.24) is 29.1 Å². The molecule has 0 amide bonds. The Hall–Kier alpha value is -4.37. The van der Waals surface area contributed by atoms with E-state index in [1.807, 2.05) is 0 Å². The van der Waals surface area contributed by atoms with Gasteiger partial charge in [-0.25, -0.2) is 15.0 Å². The number of aromatic nitrogens is 6. The Morgan fingerprint density at radius 1 is 0.875 bits per heavy atom. The molecule has 0 aromatic carbocycles. The van der Waals surface area contributed by atoms with Crippen molar-refractivity contribution in [1.29, 1.82) is 0 Å². The Balaban J connectivity index is 0.000000214. The lowest BCUT2D eigenvalue weighted by Crippen LogP contribution is -2.30. The van der Waals surface area contributed by atoms with Gasteiger partial charge in [-0.1, -0.05) is 30.1 Å². The molecule has 6 heterocycles. The summed E-state index contributed by atoms with van der Waals surface area (Å²) in [4.78, 5) is 74.0. The van der Waals surface area contributed by atoms with Crippen molar-refractivity contribution in [3.63, 3.8) is 0 Å². The van der Waals surface area contributed by atoms with Crippen molar-refractivity contribution in [3.8, 4) is 0 Å². The first kappa shape index (κ1) is 36.5. The summed E-state index contributed by atoms with van der Waals surface area (Å²) in [5.41, 5.74) is 6.36. The second kappa shape index (κ2) is 15.2. The number of aliphatic hydroxyl groups is 1. The summed E-state index contributed by atoms with van der Waals surface area (Å²) < 4.78 is 30.8. The van der Waals surface area contributed by atoms with E-state index < -0.39 is 54.8 Å². The molecule has 260 valence electrons. The Labute approximate surface area is 280 Å². The number of nitrogen functional groups attached to an aromatic ring is 1. The molecule has 3 N–H and O–H groups in total. The summed E-state index contributed by atoms with van der Waals surface area (Å²) in [6.07, 6.45) is -0.400. The van der Waals surface area contributed by atoms with Gasteiger partial charge >= 0.3 is 27.7 Å². The summed E-state index contributed by atoms with van der Waals surface area (Å²) in [5, 5.41) is 9.28. The van der Waals surface area contributed by atoms with Crippen LogP contribution in [0.25, 0.3) is 20.7 Å². The highest BCUT2D eigenvalue weighted by molar-refractivity contribution is 7.16. The van der Waals surface area contributed by atoms with Gasteiger partial charge in [-0.15, -0.1) is 0 Å². The van der Waals surface area contributed by atoms with Gasteiger partial charge in [0.1, 0.15) is 24.6 Å². The number of esters is 3. The molecule has 0 aliphatic carbocycles. The van der Waals surface area contributed by atoms with Crippen LogP contribution in [0, 0.1) is 6.92 Å². The molecule has 20 heteroatoms. The van der Waals surface area contributed by atoms with Crippen molar-refractivity contribution in [2.75, 3.05) is 18.9 Å². The highest BCUT2D eigenvalue weighted by atomic mass is 32.1. The third kappa shape index (κ3) is 8.01. The van der Waals surface area contributed by atoms with E-state index in [2.05, 4.69) is 19.9 Å². The molecular formula is C28H35N7O11S2. The fourth-order valence-electron chi connectivity index (χ4n) is 5.18. The maximum Gasteiger partial charge on any atom is 0.311 e. The number of rotatable bonds is 7. The molecule has 48 heavy (non-hydrogen) atoms. The Kier molecular flexibility index (Phi) is 11.6. The lowest BCUT2D eigenvalue weighted by Gasteiger charge is -2.19. The van der Waals surface area contributed by atoms with E-state index in [1.54, 1.807) is 13.1 Å². The minimum absolute atomic E-state index is 0. The minimum Gasteiger partial charge on any atom is -0.463 e. The van der Waals surface area contributed by atoms with Gasteiger partial charge in [-0.05, 0) is 6.92 Å². The predicted octanol–water partition coefficient (Wildman–Crippen LogP) is 1.23. The molecule has 0 unspecified atom stereocenters. The number of carbonyl (C=O) groups excluding carboxylic acids is 3. The Morgan fingerprint density at radius 3 is 1.90 bits per heavy atom. The second-order valence-corrected chi connectivity index (χ2v) is 12.5. The molecule has 0 spiro atoms. The molecule has 0 radical (unpaired) electrons. The highest BCUT2D eigenvalue weighted by Gasteiger charge is 2.42. The molecule has 4 aromatic rings. The molecule has 0 saturated carbocycles. The predicted molar refractivity (Wildman–Crippen MR) is 171 cm³/mol. The van der Waals surface area contributed by atoms with Gasteiger partial charge < -0.3 is 34.5 Å². The molecule has 6 rings (SSSR count). The van der Waals surface area contributed by atoms with Crippen molar-refractivity contribution >= 4 is 67.2 Å². The van der Waals surface area contributed by atoms with Crippen LogP contribution >= 0.6 is 22.7 Å².